The van der Waals surface area contributed by atoms with Crippen molar-refractivity contribution in [3.05, 3.63) is 89.5 Å². The van der Waals surface area contributed by atoms with Crippen LogP contribution in [0, 0.1) is 63.6 Å². The predicted molar refractivity (Wildman–Crippen MR) is 475 cm³/mol. The average molecular weight is 1890 g/mol. The smallest absolute Gasteiger partial charge is 0.408 e. The van der Waals surface area contributed by atoms with Crippen LogP contribution >= 0.6 is 0 Å². The molecule has 3 aromatic heterocycles. The maximum atomic E-state index is 14.1. The first-order chi connectivity index (χ1) is 60.0. The summed E-state index contributed by atoms with van der Waals surface area (Å²) in [7, 11) is 4.88. The second kappa shape index (κ2) is 41.9. The molecule has 4 aliphatic carbocycles. The number of aryl methyl sites for hydroxylation is 3. The number of pyridine rings is 3. The van der Waals surface area contributed by atoms with Crippen LogP contribution in [0.1, 0.15) is 223 Å². The zero-order valence-electron chi connectivity index (χ0n) is 78.0. The van der Waals surface area contributed by atoms with Crippen molar-refractivity contribution in [3.63, 3.8) is 0 Å². The number of alkyl carbamates (subject to hydrolysis) is 3. The third-order valence-electron chi connectivity index (χ3n) is 28.6. The number of amides is 6. The van der Waals surface area contributed by atoms with E-state index in [1.54, 1.807) is 21.3 Å². The van der Waals surface area contributed by atoms with Crippen LogP contribution in [0.5, 0.6) is 34.9 Å². The van der Waals surface area contributed by atoms with Gasteiger partial charge in [0.2, 0.25) is 35.4 Å². The van der Waals surface area contributed by atoms with Gasteiger partial charge in [0.15, 0.2) is 0 Å². The Balaban J connectivity index is 0.000000185. The third-order valence-corrected chi connectivity index (χ3v) is 28.6. The van der Waals surface area contributed by atoms with E-state index in [-0.39, 0.29) is 117 Å². The van der Waals surface area contributed by atoms with Crippen LogP contribution in [-0.2, 0) is 118 Å². The summed E-state index contributed by atoms with van der Waals surface area (Å²) < 4.78 is 53.8. The maximum Gasteiger partial charge on any atom is 0.408 e. The number of carbonyl (C=O) groups excluding carboxylic acids is 9. The van der Waals surface area contributed by atoms with Crippen molar-refractivity contribution in [3.8, 4) is 34.9 Å². The van der Waals surface area contributed by atoms with E-state index in [1.807, 2.05) is 152 Å². The zero-order chi connectivity index (χ0) is 90.2. The number of hydrogen-bond donors (Lipinski definition) is 3. The van der Waals surface area contributed by atoms with Crippen molar-refractivity contribution in [2.45, 2.75) is 297 Å². The monoisotopic (exact) mass is 1890 g/mol. The average Bonchev–Trinajstić information content (AvgIpc) is 1.60. The molecule has 4 saturated carbocycles. The molecule has 20 atom stereocenters. The number of aromatic nitrogens is 3. The number of ether oxygens (including phenoxy) is 9. The van der Waals surface area contributed by atoms with E-state index in [1.165, 1.54) is 21.1 Å². The molecule has 6 aromatic rings. The standard InChI is InChI=1S/C34H44N3O6.C33H44N3O6.C32H42N3O6.3V/c1-19-27(18-38)37-17-29(19)42-31-21(13-20-11-12-23(41-5)16-26(20)35-31)9-7-6-8-10-24-25-14-22(25)15-28(24)43-33(40)36-30(32(37)39)34(2,3)4;1-7-24-26(19-37)36-18-27(24)41-29-21(15-20-13-14-23(40-6)16-25(20)34-29)11-9-8-10-12-22-17-33(22,5)42-31(39)35-28(30(36)38)32(2,3)4;1-19-25(18-36)35-17-26(19)40-28-21(14-20-12-13-23(39-6)15-24(20)33-28)10-8-7-9-11-22-16-32(22,5)41-30(38)34-27(29(35)37)31(2,3)4;;;/h11-13,16,19,22,24-25,27-30H,6-10,14-15,17H2,1-5H3,(H,36,40);13-16,22,24,26-28H,7-12,17-18H2,1-6H3,(H,35,39);12-15,19,22,25-27H,7-11,16-17H2,1-6H3,(H,34,38);;;/q3*-1;;;/t19-,22?,24+,25?,27+,28+,29-,30+;22-,24+,26-,27+,28-,33-;19-,22+,25+,26-,27+,32+;;;/m010.../s1. The van der Waals surface area contributed by atoms with Crippen molar-refractivity contribution >= 4 is 87.6 Å². The third kappa shape index (κ3) is 23.0. The van der Waals surface area contributed by atoms with Gasteiger partial charge in [-0.1, -0.05) is 146 Å². The molecule has 30 heteroatoms. The molecule has 16 rings (SSSR count). The zero-order valence-corrected chi connectivity index (χ0v) is 82.1. The molecular formula is C99H130N9O18V3-3. The quantitative estimate of drug-likeness (QED) is 0.0987. The Morgan fingerprint density at radius 1 is 0.434 bits per heavy atom. The molecule has 129 heavy (non-hydrogen) atoms. The Hall–Kier alpha value is -8.33. The number of nitrogens with one attached hydrogen (secondary N) is 3. The summed E-state index contributed by atoms with van der Waals surface area (Å²) in [6.45, 7) is 27.3. The van der Waals surface area contributed by atoms with Gasteiger partial charge in [0, 0.05) is 119 Å². The van der Waals surface area contributed by atoms with Gasteiger partial charge < -0.3 is 87.7 Å². The molecule has 6 aliphatic heterocycles. The summed E-state index contributed by atoms with van der Waals surface area (Å²) in [6.07, 6.45) is 22.0. The van der Waals surface area contributed by atoms with Gasteiger partial charge >= 0.3 is 18.3 Å². The molecule has 2 unspecified atom stereocenters. The van der Waals surface area contributed by atoms with Crippen molar-refractivity contribution in [1.29, 1.82) is 0 Å². The summed E-state index contributed by atoms with van der Waals surface area (Å²) in [6, 6.07) is 18.8. The van der Waals surface area contributed by atoms with Crippen LogP contribution < -0.4 is 44.4 Å². The van der Waals surface area contributed by atoms with Crippen molar-refractivity contribution < 1.29 is 141 Å². The minimum Gasteiger partial charge on any atom is -0.540 e. The van der Waals surface area contributed by atoms with Gasteiger partial charge in [-0.25, -0.2) is 48.2 Å². The van der Waals surface area contributed by atoms with Crippen LogP contribution in [0.2, 0.25) is 0 Å². The van der Waals surface area contributed by atoms with Crippen LogP contribution in [0.25, 0.3) is 32.7 Å². The first-order valence-corrected chi connectivity index (χ1v) is 45.9. The summed E-state index contributed by atoms with van der Waals surface area (Å²) in [5.41, 5.74) is 2.42. The molecule has 0 spiro atoms. The van der Waals surface area contributed by atoms with Crippen LogP contribution in [-0.4, -0.2) is 197 Å². The number of nitrogens with zero attached hydrogens (tertiary/aromatic N) is 6. The summed E-state index contributed by atoms with van der Waals surface area (Å²) in [4.78, 5) is 138. The number of carbonyl (C=O) groups is 6. The largest absolute Gasteiger partial charge is 0.540 e. The summed E-state index contributed by atoms with van der Waals surface area (Å²) >= 11 is 0. The van der Waals surface area contributed by atoms with Gasteiger partial charge in [0.1, 0.15) is 71.0 Å². The van der Waals surface area contributed by atoms with E-state index in [9.17, 15) is 43.2 Å². The van der Waals surface area contributed by atoms with E-state index < -0.39 is 100 Å². The normalized spacial score (nSPS) is 30.9. The molecule has 3 N–H and O–H groups in total. The first-order valence-electron chi connectivity index (χ1n) is 45.9. The molecule has 697 valence electrons. The summed E-state index contributed by atoms with van der Waals surface area (Å²) in [5.74, 6) is 4.02. The predicted octanol–water partition coefficient (Wildman–Crippen LogP) is 15.6. The fourth-order valence-electron chi connectivity index (χ4n) is 20.4. The molecule has 7 fully saturated rings. The second-order valence-corrected chi connectivity index (χ2v) is 40.8. The number of rotatable bonds is 7. The van der Waals surface area contributed by atoms with E-state index >= 15 is 0 Å². The Kier molecular flexibility index (Phi) is 32.8. The van der Waals surface area contributed by atoms with Crippen LogP contribution in [0.4, 0.5) is 14.4 Å². The van der Waals surface area contributed by atoms with Gasteiger partial charge in [-0.2, -0.15) is 0 Å². The van der Waals surface area contributed by atoms with Gasteiger partial charge in [-0.05, 0) is 204 Å². The van der Waals surface area contributed by atoms with Crippen LogP contribution in [0.3, 0.4) is 0 Å². The van der Waals surface area contributed by atoms with Crippen molar-refractivity contribution in [2.75, 3.05) is 41.0 Å². The fourth-order valence-corrected chi connectivity index (χ4v) is 20.4. The van der Waals surface area contributed by atoms with Crippen LogP contribution in [0.15, 0.2) is 72.8 Å². The number of methoxy groups -OCH3 is 3. The van der Waals surface area contributed by atoms with Crippen molar-refractivity contribution in [2.24, 2.45) is 63.6 Å². The molecule has 3 aromatic carbocycles. The minimum atomic E-state index is -0.890. The van der Waals surface area contributed by atoms with Gasteiger partial charge in [0.25, 0.3) is 0 Å². The van der Waals surface area contributed by atoms with E-state index in [4.69, 9.17) is 57.6 Å². The topological polar surface area (TPSA) is 321 Å². The Morgan fingerprint density at radius 3 is 1.14 bits per heavy atom. The number of hydrogen-bond acceptors (Lipinski definition) is 21. The van der Waals surface area contributed by atoms with Gasteiger partial charge in [0.05, 0.1) is 57.5 Å². The molecule has 9 heterocycles. The van der Waals surface area contributed by atoms with E-state index in [0.717, 1.165) is 165 Å². The molecule has 3 saturated heterocycles. The first kappa shape index (κ1) is 101. The molecular weight excluding hydrogens is 1760 g/mol. The molecule has 6 bridgehead atoms. The number of fused-ring (bicyclic) bond motifs is 17. The molecule has 6 amide bonds. The Morgan fingerprint density at radius 2 is 0.783 bits per heavy atom. The SMILES string of the molecule is CC[C@@H]1[C@@H]2CN(C(=O)[C@H](C(C)(C)C)NC(=O)O[C@]3(C)C[C@H]3CCCCCc3cc4ccc(OC)cc4nc3O2)[C@@H]1[C-]=O.COc1ccc2cc3c(nc2c1)O[C@H]1CN(C(=O)[C@H](C(C)(C)C)NC(=O)O[C@@H]2CC4CC4[C@H]2CCCCC3)[C@H]([C-]=O)[C@@H]1C.COc1ccc2cc3c(nc2c1)O[C@H]1CN(C(=O)[C@H](C(C)(C)C)NC(=O)O[C@]2(C)C[C@H]2CCCCC3)[C@H]([C-]=O)[C@@H]1C.[V].[V].[V]. The molecule has 3 radical (unpaired) electrons. The summed E-state index contributed by atoms with van der Waals surface area (Å²) in [5, 5.41) is 11.6. The fraction of sp³-hybridized carbons (Fsp3) is 0.636. The van der Waals surface area contributed by atoms with Crippen molar-refractivity contribution in [1.82, 2.24) is 45.6 Å². The molecule has 10 aliphatic rings. The van der Waals surface area contributed by atoms with Gasteiger partial charge in [-0.3, -0.25) is 14.4 Å². The minimum absolute atomic E-state index is 0. The number of benzene rings is 3. The Labute approximate surface area is 795 Å². The van der Waals surface area contributed by atoms with E-state index in [0.29, 0.717) is 70.9 Å². The Bertz CT molecular complexity index is 5040. The molecule has 27 nitrogen and oxygen atoms in total. The maximum absolute atomic E-state index is 14.1. The van der Waals surface area contributed by atoms with Gasteiger partial charge in [-0.15, -0.1) is 0 Å². The second-order valence-electron chi connectivity index (χ2n) is 40.8. The van der Waals surface area contributed by atoms with E-state index in [2.05, 4.69) is 53.0 Å².